The van der Waals surface area contributed by atoms with Crippen LogP contribution in [0.1, 0.15) is 26.2 Å². The normalized spacial score (nSPS) is 11.3. The quantitative estimate of drug-likeness (QED) is 0.274. The highest BCUT2D eigenvalue weighted by Crippen LogP contribution is 2.40. The number of non-ortho nitro benzene ring substituents is 1. The lowest BCUT2D eigenvalue weighted by molar-refractivity contribution is -0.384. The molecule has 8 nitrogen and oxygen atoms in total. The maximum absolute atomic E-state index is 11.0. The molecule has 23 heavy (non-hydrogen) atoms. The maximum atomic E-state index is 11.0. The molecule has 0 fully saturated rings. The summed E-state index contributed by atoms with van der Waals surface area (Å²) in [4.78, 5) is 10.5. The van der Waals surface area contributed by atoms with Crippen molar-refractivity contribution in [2.75, 3.05) is 0 Å². The lowest BCUT2D eigenvalue weighted by Crippen LogP contribution is -2.01. The topological polar surface area (TPSA) is 119 Å². The van der Waals surface area contributed by atoms with Crippen molar-refractivity contribution in [3.8, 4) is 5.88 Å². The number of fused-ring (bicyclic) bond motifs is 1. The second-order valence-electron chi connectivity index (χ2n) is 5.03. The van der Waals surface area contributed by atoms with Crippen LogP contribution in [0.5, 0.6) is 5.88 Å². The summed E-state index contributed by atoms with van der Waals surface area (Å²) < 4.78 is 1.67. The zero-order chi connectivity index (χ0) is 17.0. The minimum atomic E-state index is -0.501. The zero-order valence-corrected chi connectivity index (χ0v) is 13.4. The predicted octanol–water partition coefficient (Wildman–Crippen LogP) is 3.77. The number of thiocarbonyl (C=S) groups is 1. The Kier molecular flexibility index (Phi) is 5.22. The van der Waals surface area contributed by atoms with Gasteiger partial charge in [0.15, 0.2) is 5.69 Å². The van der Waals surface area contributed by atoms with E-state index in [1.807, 2.05) is 0 Å². The van der Waals surface area contributed by atoms with E-state index in [4.69, 9.17) is 5.73 Å². The second-order valence-corrected chi connectivity index (χ2v) is 5.45. The molecular formula is C14H17N5O3S. The SMILES string of the molecule is CCCCCn1c(O)c(N=NC(N)=S)c2cc([N+](=O)[O-])ccc21. The summed E-state index contributed by atoms with van der Waals surface area (Å²) in [6, 6.07) is 4.35. The molecule has 0 spiro atoms. The van der Waals surface area contributed by atoms with E-state index in [1.165, 1.54) is 12.1 Å². The molecule has 2 aromatic rings. The maximum Gasteiger partial charge on any atom is 0.270 e. The number of rotatable bonds is 6. The number of unbranched alkanes of at least 4 members (excludes halogenated alkanes) is 2. The van der Waals surface area contributed by atoms with E-state index in [1.54, 1.807) is 10.6 Å². The van der Waals surface area contributed by atoms with Crippen LogP contribution in [-0.2, 0) is 6.54 Å². The van der Waals surface area contributed by atoms with Crippen molar-refractivity contribution in [3.05, 3.63) is 28.3 Å². The number of benzene rings is 1. The van der Waals surface area contributed by atoms with E-state index in [0.29, 0.717) is 17.4 Å². The number of aryl methyl sites for hydroxylation is 1. The number of nitrogens with zero attached hydrogens (tertiary/aromatic N) is 4. The van der Waals surface area contributed by atoms with Crippen molar-refractivity contribution in [1.82, 2.24) is 4.57 Å². The molecule has 0 saturated heterocycles. The zero-order valence-electron chi connectivity index (χ0n) is 12.6. The number of nitrogens with two attached hydrogens (primary N) is 1. The fourth-order valence-electron chi connectivity index (χ4n) is 2.37. The van der Waals surface area contributed by atoms with Crippen molar-refractivity contribution < 1.29 is 10.0 Å². The van der Waals surface area contributed by atoms with E-state index in [9.17, 15) is 15.2 Å². The molecule has 1 aromatic heterocycles. The second kappa shape index (κ2) is 7.14. The average molecular weight is 335 g/mol. The van der Waals surface area contributed by atoms with Crippen molar-refractivity contribution >= 4 is 39.6 Å². The van der Waals surface area contributed by atoms with E-state index >= 15 is 0 Å². The van der Waals surface area contributed by atoms with Gasteiger partial charge in [0.1, 0.15) is 0 Å². The van der Waals surface area contributed by atoms with Crippen LogP contribution < -0.4 is 5.73 Å². The van der Waals surface area contributed by atoms with Gasteiger partial charge in [-0.15, -0.1) is 10.2 Å². The first-order valence-corrected chi connectivity index (χ1v) is 7.57. The van der Waals surface area contributed by atoms with E-state index in [2.05, 4.69) is 29.4 Å². The summed E-state index contributed by atoms with van der Waals surface area (Å²) in [7, 11) is 0. The van der Waals surface area contributed by atoms with Gasteiger partial charge in [0.25, 0.3) is 5.69 Å². The van der Waals surface area contributed by atoms with Gasteiger partial charge >= 0.3 is 0 Å². The highest BCUT2D eigenvalue weighted by molar-refractivity contribution is 7.80. The third-order valence-corrected chi connectivity index (χ3v) is 3.52. The Morgan fingerprint density at radius 1 is 1.48 bits per heavy atom. The monoisotopic (exact) mass is 335 g/mol. The Morgan fingerprint density at radius 2 is 2.22 bits per heavy atom. The summed E-state index contributed by atoms with van der Waals surface area (Å²) in [6.07, 6.45) is 2.92. The van der Waals surface area contributed by atoms with Crippen molar-refractivity contribution in [1.29, 1.82) is 0 Å². The molecule has 0 saturated carbocycles. The molecular weight excluding hydrogens is 318 g/mol. The summed E-state index contributed by atoms with van der Waals surface area (Å²) in [5, 5.41) is 29.1. The molecule has 0 aliphatic heterocycles. The van der Waals surface area contributed by atoms with Gasteiger partial charge in [-0.2, -0.15) is 0 Å². The Hall–Kier alpha value is -2.55. The number of aromatic nitrogens is 1. The molecule has 0 radical (unpaired) electrons. The number of azo groups is 1. The van der Waals surface area contributed by atoms with Crippen LogP contribution in [0.3, 0.4) is 0 Å². The molecule has 0 aliphatic rings. The standard InChI is InChI=1S/C14H17N5O3S/c1-2-3-4-7-18-11-6-5-9(19(21)22)8-10(11)12(13(18)20)16-17-14(15)23/h5-6,8,20H,2-4,7H2,1H3,(H2,15,23). The Balaban J connectivity index is 2.59. The predicted molar refractivity (Wildman–Crippen MR) is 91.1 cm³/mol. The van der Waals surface area contributed by atoms with Crippen LogP contribution in [0.4, 0.5) is 11.4 Å². The Morgan fingerprint density at radius 3 is 2.83 bits per heavy atom. The molecule has 0 aliphatic carbocycles. The van der Waals surface area contributed by atoms with Crippen LogP contribution in [0.2, 0.25) is 0 Å². The van der Waals surface area contributed by atoms with Crippen molar-refractivity contribution in [3.63, 3.8) is 0 Å². The van der Waals surface area contributed by atoms with Gasteiger partial charge in [0.2, 0.25) is 11.0 Å². The van der Waals surface area contributed by atoms with Crippen LogP contribution >= 0.6 is 12.2 Å². The summed E-state index contributed by atoms with van der Waals surface area (Å²) in [5.74, 6) is -0.100. The average Bonchev–Trinajstić information content (AvgIpc) is 2.77. The van der Waals surface area contributed by atoms with E-state index in [-0.39, 0.29) is 22.4 Å². The van der Waals surface area contributed by atoms with Gasteiger partial charge in [-0.25, -0.2) is 0 Å². The van der Waals surface area contributed by atoms with Gasteiger partial charge in [0, 0.05) is 24.1 Å². The Bertz CT molecular complexity index is 784. The van der Waals surface area contributed by atoms with Gasteiger partial charge in [0.05, 0.1) is 10.4 Å². The molecule has 3 N–H and O–H groups in total. The third kappa shape index (κ3) is 3.62. The van der Waals surface area contributed by atoms with Crippen LogP contribution in [0.15, 0.2) is 28.4 Å². The number of nitro groups is 1. The molecule has 0 atom stereocenters. The molecule has 0 bridgehead atoms. The minimum Gasteiger partial charge on any atom is -0.493 e. The van der Waals surface area contributed by atoms with Crippen LogP contribution in [0, 0.1) is 10.1 Å². The molecule has 122 valence electrons. The van der Waals surface area contributed by atoms with Gasteiger partial charge in [-0.1, -0.05) is 19.8 Å². The lowest BCUT2D eigenvalue weighted by atomic mass is 10.2. The fourth-order valence-corrected chi connectivity index (χ4v) is 2.41. The van der Waals surface area contributed by atoms with Crippen molar-refractivity contribution in [2.24, 2.45) is 16.0 Å². The Labute approximate surface area is 137 Å². The smallest absolute Gasteiger partial charge is 0.270 e. The summed E-state index contributed by atoms with van der Waals surface area (Å²) in [6.45, 7) is 2.66. The highest BCUT2D eigenvalue weighted by atomic mass is 32.1. The van der Waals surface area contributed by atoms with Crippen molar-refractivity contribution in [2.45, 2.75) is 32.7 Å². The first-order chi connectivity index (χ1) is 11.0. The van der Waals surface area contributed by atoms with E-state index < -0.39 is 4.92 Å². The number of nitro benzene ring substituents is 1. The summed E-state index contributed by atoms with van der Waals surface area (Å²) >= 11 is 4.64. The van der Waals surface area contributed by atoms with Gasteiger partial charge < -0.3 is 15.4 Å². The molecule has 1 heterocycles. The number of hydrogen-bond donors (Lipinski definition) is 2. The lowest BCUT2D eigenvalue weighted by Gasteiger charge is -2.06. The summed E-state index contributed by atoms with van der Waals surface area (Å²) in [5.41, 5.74) is 5.99. The van der Waals surface area contributed by atoms with Gasteiger partial charge in [-0.3, -0.25) is 10.1 Å². The number of aromatic hydroxyl groups is 1. The van der Waals surface area contributed by atoms with Crippen LogP contribution in [0.25, 0.3) is 10.9 Å². The van der Waals surface area contributed by atoms with Gasteiger partial charge in [-0.05, 0) is 24.7 Å². The number of hydrogen-bond acceptors (Lipinski definition) is 5. The highest BCUT2D eigenvalue weighted by Gasteiger charge is 2.19. The van der Waals surface area contributed by atoms with E-state index in [0.717, 1.165) is 19.3 Å². The first kappa shape index (κ1) is 16.8. The largest absolute Gasteiger partial charge is 0.493 e. The molecule has 0 unspecified atom stereocenters. The molecule has 9 heteroatoms. The fraction of sp³-hybridized carbons (Fsp3) is 0.357. The molecule has 1 aromatic carbocycles. The minimum absolute atomic E-state index is 0.0880. The first-order valence-electron chi connectivity index (χ1n) is 7.16. The molecule has 2 rings (SSSR count). The van der Waals surface area contributed by atoms with Crippen LogP contribution in [-0.4, -0.2) is 19.7 Å². The molecule has 0 amide bonds. The third-order valence-electron chi connectivity index (χ3n) is 3.44.